The lowest BCUT2D eigenvalue weighted by Gasteiger charge is -2.39. The number of likely N-dealkylation sites (N-methyl/N-ethyl adjacent to an activating group) is 1. The molecule has 11 nitrogen and oxygen atoms in total. The molecule has 0 bridgehead atoms. The molecule has 11 heteroatoms. The zero-order valence-corrected chi connectivity index (χ0v) is 23.9. The van der Waals surface area contributed by atoms with Crippen molar-refractivity contribution in [2.75, 3.05) is 50.6 Å². The molecule has 0 spiro atoms. The number of carbonyl (C=O) groups excluding carboxylic acids is 3. The van der Waals surface area contributed by atoms with Crippen LogP contribution in [0.15, 0.2) is 54.6 Å². The van der Waals surface area contributed by atoms with Crippen molar-refractivity contribution in [3.8, 4) is 0 Å². The van der Waals surface area contributed by atoms with E-state index in [1.807, 2.05) is 42.5 Å². The quantitative estimate of drug-likeness (QED) is 0.468. The van der Waals surface area contributed by atoms with E-state index in [9.17, 15) is 14.4 Å². The summed E-state index contributed by atoms with van der Waals surface area (Å²) in [6, 6.07) is 17.1. The number of fused-ring (bicyclic) bond motifs is 1. The summed E-state index contributed by atoms with van der Waals surface area (Å²) in [4.78, 5) is 45.7. The third-order valence-corrected chi connectivity index (χ3v) is 7.78. The Labute approximate surface area is 239 Å². The van der Waals surface area contributed by atoms with Crippen LogP contribution in [-0.4, -0.2) is 83.9 Å². The molecule has 2 atom stereocenters. The van der Waals surface area contributed by atoms with Gasteiger partial charge in [0.2, 0.25) is 0 Å². The fourth-order valence-electron chi connectivity index (χ4n) is 5.29. The monoisotopic (exact) mass is 560 g/mol. The predicted octanol–water partition coefficient (Wildman–Crippen LogP) is 3.51. The summed E-state index contributed by atoms with van der Waals surface area (Å²) in [5.41, 5.74) is 3.34. The molecule has 5 rings (SSSR count). The Morgan fingerprint density at radius 2 is 1.78 bits per heavy atom. The Bertz CT molecular complexity index is 1410. The van der Waals surface area contributed by atoms with Crippen molar-refractivity contribution in [1.82, 2.24) is 19.6 Å². The molecule has 1 saturated heterocycles. The third-order valence-electron chi connectivity index (χ3n) is 7.78. The zero-order valence-electron chi connectivity index (χ0n) is 23.9. The second-order valence-corrected chi connectivity index (χ2v) is 10.4. The van der Waals surface area contributed by atoms with Gasteiger partial charge in [-0.15, -0.1) is 5.10 Å². The molecule has 0 aliphatic carbocycles. The van der Waals surface area contributed by atoms with E-state index in [-0.39, 0.29) is 37.3 Å². The molecule has 41 heavy (non-hydrogen) atoms. The third kappa shape index (κ3) is 5.82. The van der Waals surface area contributed by atoms with Gasteiger partial charge in [0.15, 0.2) is 11.9 Å². The molecule has 216 valence electrons. The van der Waals surface area contributed by atoms with E-state index in [2.05, 4.69) is 34.2 Å². The molecule has 1 aromatic heterocycles. The minimum atomic E-state index is -0.802. The molecule has 2 aliphatic rings. The lowest BCUT2D eigenvalue weighted by atomic mass is 10.1. The SMILES string of the molecule is CCOC(=O)n1nc(NC(=O)c2ccc(N3CCN(C)C(C)C3)cc2)c2c1CN(C(=O)[C@H](OC)c1ccccc1)C2. The van der Waals surface area contributed by atoms with E-state index in [4.69, 9.17) is 9.47 Å². The van der Waals surface area contributed by atoms with Gasteiger partial charge >= 0.3 is 6.09 Å². The summed E-state index contributed by atoms with van der Waals surface area (Å²) in [6.45, 7) is 7.18. The minimum absolute atomic E-state index is 0.126. The molecule has 1 fully saturated rings. The topological polar surface area (TPSA) is 109 Å². The highest BCUT2D eigenvalue weighted by Crippen LogP contribution is 2.33. The van der Waals surface area contributed by atoms with Crippen LogP contribution in [0.4, 0.5) is 16.3 Å². The molecular formula is C30H36N6O5. The van der Waals surface area contributed by atoms with Gasteiger partial charge in [0.05, 0.1) is 25.4 Å². The van der Waals surface area contributed by atoms with Crippen molar-refractivity contribution in [1.29, 1.82) is 0 Å². The van der Waals surface area contributed by atoms with Crippen LogP contribution >= 0.6 is 0 Å². The van der Waals surface area contributed by atoms with Gasteiger partial charge in [-0.1, -0.05) is 30.3 Å². The maximum atomic E-state index is 13.5. The number of aromatic nitrogens is 2. The highest BCUT2D eigenvalue weighted by atomic mass is 16.6. The predicted molar refractivity (Wildman–Crippen MR) is 154 cm³/mol. The Morgan fingerprint density at radius 3 is 2.44 bits per heavy atom. The van der Waals surface area contributed by atoms with Gasteiger partial charge in [0.25, 0.3) is 11.8 Å². The summed E-state index contributed by atoms with van der Waals surface area (Å²) >= 11 is 0. The lowest BCUT2D eigenvalue weighted by Crippen LogP contribution is -2.50. The molecule has 1 N–H and O–H groups in total. The normalized spacial score (nSPS) is 17.7. The number of nitrogens with zero attached hydrogens (tertiary/aromatic N) is 5. The fraction of sp³-hybridized carbons (Fsp3) is 0.400. The molecule has 0 saturated carbocycles. The fourth-order valence-corrected chi connectivity index (χ4v) is 5.29. The average molecular weight is 561 g/mol. The molecule has 3 aromatic rings. The number of ether oxygens (including phenoxy) is 2. The Kier molecular flexibility index (Phi) is 8.36. The first-order valence-corrected chi connectivity index (χ1v) is 13.8. The van der Waals surface area contributed by atoms with Crippen LogP contribution in [0.5, 0.6) is 0 Å². The van der Waals surface area contributed by atoms with Crippen LogP contribution in [0.25, 0.3) is 0 Å². The summed E-state index contributed by atoms with van der Waals surface area (Å²) in [7, 11) is 3.62. The van der Waals surface area contributed by atoms with Crippen molar-refractivity contribution in [2.24, 2.45) is 0 Å². The zero-order chi connectivity index (χ0) is 29.1. The smallest absolute Gasteiger partial charge is 0.435 e. The molecular weight excluding hydrogens is 524 g/mol. The maximum absolute atomic E-state index is 13.5. The van der Waals surface area contributed by atoms with E-state index in [0.717, 1.165) is 35.6 Å². The van der Waals surface area contributed by atoms with E-state index >= 15 is 0 Å². The minimum Gasteiger partial charge on any atom is -0.448 e. The first-order chi connectivity index (χ1) is 19.8. The highest BCUT2D eigenvalue weighted by molar-refractivity contribution is 6.04. The molecule has 0 radical (unpaired) electrons. The van der Waals surface area contributed by atoms with Gasteiger partial charge < -0.3 is 29.5 Å². The van der Waals surface area contributed by atoms with Gasteiger partial charge in [-0.05, 0) is 50.7 Å². The standard InChI is InChI=1S/C30H36N6O5/c1-5-41-30(39)36-25-19-35(29(38)26(40-4)21-9-7-6-8-10-21)18-24(25)27(32-36)31-28(37)22-11-13-23(14-12-22)34-16-15-33(3)20(2)17-34/h6-14,20,26H,5,15-19H2,1-4H3,(H,31,32,37)/t20?,26-/m1/s1. The summed E-state index contributed by atoms with van der Waals surface area (Å²) in [5.74, 6) is -0.390. The Morgan fingerprint density at radius 1 is 1.05 bits per heavy atom. The first kappa shape index (κ1) is 28.3. The van der Waals surface area contributed by atoms with Crippen molar-refractivity contribution in [3.05, 3.63) is 77.0 Å². The largest absolute Gasteiger partial charge is 0.448 e. The molecule has 2 aliphatic heterocycles. The van der Waals surface area contributed by atoms with Gasteiger partial charge in [0, 0.05) is 49.6 Å². The van der Waals surface area contributed by atoms with Gasteiger partial charge in [-0.2, -0.15) is 4.68 Å². The van der Waals surface area contributed by atoms with Crippen molar-refractivity contribution in [3.63, 3.8) is 0 Å². The lowest BCUT2D eigenvalue weighted by molar-refractivity contribution is -0.143. The number of nitrogens with one attached hydrogen (secondary N) is 1. The summed E-state index contributed by atoms with van der Waals surface area (Å²) in [5, 5.41) is 7.22. The van der Waals surface area contributed by atoms with Crippen LogP contribution < -0.4 is 10.2 Å². The number of amides is 2. The number of rotatable bonds is 7. The number of methoxy groups -OCH3 is 1. The van der Waals surface area contributed by atoms with E-state index in [0.29, 0.717) is 22.9 Å². The number of anilines is 2. The van der Waals surface area contributed by atoms with Crippen molar-refractivity contribution < 1.29 is 23.9 Å². The molecule has 2 aromatic carbocycles. The van der Waals surface area contributed by atoms with Crippen molar-refractivity contribution in [2.45, 2.75) is 39.1 Å². The summed E-state index contributed by atoms with van der Waals surface area (Å²) < 4.78 is 11.9. The Balaban J connectivity index is 1.34. The van der Waals surface area contributed by atoms with E-state index < -0.39 is 12.2 Å². The van der Waals surface area contributed by atoms with E-state index in [1.165, 1.54) is 7.11 Å². The van der Waals surface area contributed by atoms with Gasteiger partial charge in [-0.25, -0.2) is 4.79 Å². The van der Waals surface area contributed by atoms with Crippen LogP contribution in [0, 0.1) is 0 Å². The van der Waals surface area contributed by atoms with Gasteiger partial charge in [-0.3, -0.25) is 9.59 Å². The molecule has 1 unspecified atom stereocenters. The summed E-state index contributed by atoms with van der Waals surface area (Å²) in [6.07, 6.45) is -1.47. The second kappa shape index (κ2) is 12.1. The maximum Gasteiger partial charge on any atom is 0.435 e. The Hall–Kier alpha value is -4.22. The number of benzene rings is 2. The van der Waals surface area contributed by atoms with E-state index in [1.54, 1.807) is 24.0 Å². The highest BCUT2D eigenvalue weighted by Gasteiger charge is 2.36. The van der Waals surface area contributed by atoms with Crippen molar-refractivity contribution >= 4 is 29.4 Å². The molecule has 2 amide bonds. The molecule has 3 heterocycles. The number of hydrogen-bond donors (Lipinski definition) is 1. The number of carbonyl (C=O) groups is 3. The van der Waals surface area contributed by atoms with Crippen LogP contribution in [0.2, 0.25) is 0 Å². The number of hydrogen-bond acceptors (Lipinski definition) is 8. The first-order valence-electron chi connectivity index (χ1n) is 13.8. The second-order valence-electron chi connectivity index (χ2n) is 10.4. The van der Waals surface area contributed by atoms with Crippen LogP contribution in [-0.2, 0) is 27.4 Å². The number of piperazine rings is 1. The van der Waals surface area contributed by atoms with Crippen LogP contribution in [0.1, 0.15) is 47.1 Å². The van der Waals surface area contributed by atoms with Crippen LogP contribution in [0.3, 0.4) is 0 Å². The van der Waals surface area contributed by atoms with Gasteiger partial charge in [0.1, 0.15) is 0 Å². The average Bonchev–Trinajstić information content (AvgIpc) is 3.56.